The van der Waals surface area contributed by atoms with Crippen molar-refractivity contribution >= 4 is 11.9 Å². The Hall–Kier alpha value is -1.36. The molecule has 0 radical (unpaired) electrons. The van der Waals surface area contributed by atoms with Crippen LogP contribution in [0.5, 0.6) is 0 Å². The van der Waals surface area contributed by atoms with E-state index in [0.29, 0.717) is 13.1 Å². The van der Waals surface area contributed by atoms with Crippen molar-refractivity contribution in [2.24, 2.45) is 11.1 Å². The maximum absolute atomic E-state index is 11.9. The highest BCUT2D eigenvalue weighted by atomic mass is 16.4. The fourth-order valence-electron chi connectivity index (χ4n) is 2.06. The van der Waals surface area contributed by atoms with Crippen molar-refractivity contribution in [2.75, 3.05) is 13.1 Å². The molecule has 1 aliphatic rings. The van der Waals surface area contributed by atoms with E-state index in [-0.39, 0.29) is 17.7 Å². The second-order valence-electron chi connectivity index (χ2n) is 5.72. The minimum atomic E-state index is -1.04. The zero-order valence-corrected chi connectivity index (χ0v) is 11.3. The molecule has 0 aromatic heterocycles. The second kappa shape index (κ2) is 5.52. The van der Waals surface area contributed by atoms with Gasteiger partial charge in [0.15, 0.2) is 0 Å². The van der Waals surface area contributed by atoms with Crippen LogP contribution in [0.1, 0.15) is 33.6 Å². The number of nitrogens with zero attached hydrogens (tertiary/aromatic N) is 1. The quantitative estimate of drug-likeness (QED) is 0.736. The van der Waals surface area contributed by atoms with Gasteiger partial charge in [0.2, 0.25) is 5.91 Å². The van der Waals surface area contributed by atoms with E-state index in [9.17, 15) is 9.59 Å². The van der Waals surface area contributed by atoms with Crippen molar-refractivity contribution in [3.63, 3.8) is 0 Å². The molecule has 0 aromatic rings. The molecule has 1 amide bonds. The Morgan fingerprint density at radius 1 is 1.50 bits per heavy atom. The van der Waals surface area contributed by atoms with Crippen molar-refractivity contribution in [1.29, 1.82) is 0 Å². The molecule has 5 heteroatoms. The molecule has 102 valence electrons. The summed E-state index contributed by atoms with van der Waals surface area (Å²) >= 11 is 0. The van der Waals surface area contributed by atoms with E-state index < -0.39 is 12.0 Å². The zero-order valence-electron chi connectivity index (χ0n) is 11.3. The maximum Gasteiger partial charge on any atom is 0.305 e. The third kappa shape index (κ3) is 3.84. The molecular weight excluding hydrogens is 232 g/mol. The van der Waals surface area contributed by atoms with Crippen LogP contribution in [0.3, 0.4) is 0 Å². The minimum Gasteiger partial charge on any atom is -0.481 e. The summed E-state index contributed by atoms with van der Waals surface area (Å²) in [5, 5.41) is 8.62. The lowest BCUT2D eigenvalue weighted by atomic mass is 9.83. The van der Waals surface area contributed by atoms with Gasteiger partial charge < -0.3 is 15.7 Å². The number of aliphatic carboxylic acids is 1. The molecule has 5 nitrogen and oxygen atoms in total. The smallest absolute Gasteiger partial charge is 0.305 e. The highest BCUT2D eigenvalue weighted by Crippen LogP contribution is 2.30. The molecule has 3 N–H and O–H groups in total. The molecule has 1 rings (SSSR count). The van der Waals surface area contributed by atoms with Crippen LogP contribution in [0.25, 0.3) is 0 Å². The molecule has 0 spiro atoms. The van der Waals surface area contributed by atoms with Gasteiger partial charge in [-0.05, 0) is 11.8 Å². The van der Waals surface area contributed by atoms with E-state index in [1.165, 1.54) is 5.57 Å². The molecule has 18 heavy (non-hydrogen) atoms. The summed E-state index contributed by atoms with van der Waals surface area (Å²) in [5.74, 6) is -1.32. The maximum atomic E-state index is 11.9. The fraction of sp³-hybridized carbons (Fsp3) is 0.692. The van der Waals surface area contributed by atoms with Gasteiger partial charge in [-0.25, -0.2) is 0 Å². The molecule has 0 aromatic carbocycles. The first-order chi connectivity index (χ1) is 8.21. The Bertz CT molecular complexity index is 369. The van der Waals surface area contributed by atoms with Crippen LogP contribution >= 0.6 is 0 Å². The Kier molecular flexibility index (Phi) is 4.51. The largest absolute Gasteiger partial charge is 0.481 e. The van der Waals surface area contributed by atoms with Crippen molar-refractivity contribution in [2.45, 2.75) is 39.7 Å². The van der Waals surface area contributed by atoms with E-state index in [2.05, 4.69) is 26.8 Å². The molecule has 0 fully saturated rings. The third-order valence-corrected chi connectivity index (χ3v) is 3.20. The average Bonchev–Trinajstić information content (AvgIpc) is 2.26. The molecule has 1 heterocycles. The van der Waals surface area contributed by atoms with Crippen LogP contribution in [0.2, 0.25) is 0 Å². The van der Waals surface area contributed by atoms with Gasteiger partial charge in [-0.1, -0.05) is 32.4 Å². The summed E-state index contributed by atoms with van der Waals surface area (Å²) in [6.07, 6.45) is 2.56. The predicted octanol–water partition coefficient (Wildman–Crippen LogP) is 0.993. The normalized spacial score (nSPS) is 18.2. The number of carboxylic acids is 1. The Morgan fingerprint density at radius 2 is 2.11 bits per heavy atom. The minimum absolute atomic E-state index is 0.123. The first-order valence-electron chi connectivity index (χ1n) is 6.17. The van der Waals surface area contributed by atoms with Gasteiger partial charge in [-0.2, -0.15) is 0 Å². The number of hydrogen-bond donors (Lipinski definition) is 2. The topological polar surface area (TPSA) is 83.6 Å². The molecule has 1 atom stereocenters. The van der Waals surface area contributed by atoms with Crippen molar-refractivity contribution in [3.05, 3.63) is 11.6 Å². The van der Waals surface area contributed by atoms with E-state index in [1.807, 2.05) is 0 Å². The van der Waals surface area contributed by atoms with Crippen LogP contribution in [0.15, 0.2) is 11.6 Å². The van der Waals surface area contributed by atoms with E-state index in [4.69, 9.17) is 10.8 Å². The molecule has 0 saturated carbocycles. The molecule has 0 bridgehead atoms. The van der Waals surface area contributed by atoms with Gasteiger partial charge in [0.05, 0.1) is 12.5 Å². The van der Waals surface area contributed by atoms with Crippen molar-refractivity contribution < 1.29 is 14.7 Å². The molecule has 1 unspecified atom stereocenters. The SMILES string of the molecule is CC(C)(C)C1=CCN(C(=O)C(N)CC(=O)O)CC1. The third-order valence-electron chi connectivity index (χ3n) is 3.20. The summed E-state index contributed by atoms with van der Waals surface area (Å²) in [6, 6.07) is -0.938. The summed E-state index contributed by atoms with van der Waals surface area (Å²) in [4.78, 5) is 24.0. The molecule has 0 aliphatic carbocycles. The van der Waals surface area contributed by atoms with E-state index >= 15 is 0 Å². The number of carbonyl (C=O) groups excluding carboxylic acids is 1. The number of rotatable bonds is 3. The van der Waals surface area contributed by atoms with Crippen LogP contribution in [0.4, 0.5) is 0 Å². The van der Waals surface area contributed by atoms with Gasteiger partial charge >= 0.3 is 5.97 Å². The van der Waals surface area contributed by atoms with Gasteiger partial charge in [0.1, 0.15) is 0 Å². The zero-order chi connectivity index (χ0) is 13.9. The lowest BCUT2D eigenvalue weighted by molar-refractivity contribution is -0.141. The monoisotopic (exact) mass is 254 g/mol. The predicted molar refractivity (Wildman–Crippen MR) is 69.0 cm³/mol. The first-order valence-corrected chi connectivity index (χ1v) is 6.17. The Morgan fingerprint density at radius 3 is 2.50 bits per heavy atom. The van der Waals surface area contributed by atoms with Crippen LogP contribution < -0.4 is 5.73 Å². The Balaban J connectivity index is 2.60. The average molecular weight is 254 g/mol. The van der Waals surface area contributed by atoms with Crippen molar-refractivity contribution in [3.8, 4) is 0 Å². The van der Waals surface area contributed by atoms with Gasteiger partial charge in [0, 0.05) is 13.1 Å². The summed E-state index contributed by atoms with van der Waals surface area (Å²) < 4.78 is 0. The molecular formula is C13H22N2O3. The van der Waals surface area contributed by atoms with Crippen LogP contribution in [-0.4, -0.2) is 41.0 Å². The van der Waals surface area contributed by atoms with Crippen LogP contribution in [0, 0.1) is 5.41 Å². The van der Waals surface area contributed by atoms with E-state index in [0.717, 1.165) is 6.42 Å². The lowest BCUT2D eigenvalue weighted by Gasteiger charge is -2.33. The highest BCUT2D eigenvalue weighted by Gasteiger charge is 2.27. The Labute approximate surface area is 108 Å². The number of nitrogens with two attached hydrogens (primary N) is 1. The standard InChI is InChI=1S/C13H22N2O3/c1-13(2,3)9-4-6-15(7-5-9)12(18)10(14)8-11(16)17/h4,10H,5-8,14H2,1-3H3,(H,16,17). The van der Waals surface area contributed by atoms with E-state index in [1.54, 1.807) is 4.90 Å². The lowest BCUT2D eigenvalue weighted by Crippen LogP contribution is -2.46. The van der Waals surface area contributed by atoms with Gasteiger partial charge in [-0.3, -0.25) is 9.59 Å². The highest BCUT2D eigenvalue weighted by molar-refractivity contribution is 5.86. The molecule has 0 saturated heterocycles. The summed E-state index contributed by atoms with van der Waals surface area (Å²) in [5.41, 5.74) is 7.03. The molecule has 1 aliphatic heterocycles. The number of amides is 1. The number of hydrogen-bond acceptors (Lipinski definition) is 3. The summed E-state index contributed by atoms with van der Waals surface area (Å²) in [7, 11) is 0. The number of carboxylic acid groups (broad SMARTS) is 1. The second-order valence-corrected chi connectivity index (χ2v) is 5.72. The van der Waals surface area contributed by atoms with Crippen LogP contribution in [-0.2, 0) is 9.59 Å². The number of carbonyl (C=O) groups is 2. The first kappa shape index (κ1) is 14.7. The fourth-order valence-corrected chi connectivity index (χ4v) is 2.06. The summed E-state index contributed by atoms with van der Waals surface area (Å²) in [6.45, 7) is 7.58. The van der Waals surface area contributed by atoms with Gasteiger partial charge in [0.25, 0.3) is 0 Å². The van der Waals surface area contributed by atoms with Crippen molar-refractivity contribution in [1.82, 2.24) is 4.90 Å². The van der Waals surface area contributed by atoms with Gasteiger partial charge in [-0.15, -0.1) is 0 Å².